The number of H-pyrrole nitrogens is 1. The predicted molar refractivity (Wildman–Crippen MR) is 307 cm³/mol. The Morgan fingerprint density at radius 3 is 1.42 bits per heavy atom. The first-order valence-corrected chi connectivity index (χ1v) is 25.6. The number of hydrogen-bond acceptors (Lipinski definition) is 4. The first kappa shape index (κ1) is 67.8. The van der Waals surface area contributed by atoms with E-state index in [0.717, 1.165) is 27.9 Å². The molecule has 3 N–H and O–H groups in total. The van der Waals surface area contributed by atoms with E-state index in [9.17, 15) is 23.4 Å². The van der Waals surface area contributed by atoms with Crippen molar-refractivity contribution in [2.75, 3.05) is 0 Å². The number of benzene rings is 4. The fourth-order valence-corrected chi connectivity index (χ4v) is 7.60. The summed E-state index contributed by atoms with van der Waals surface area (Å²) in [5.74, 6) is 1.38. The number of aromatic amines is 1. The zero-order chi connectivity index (χ0) is 55.0. The van der Waals surface area contributed by atoms with Crippen LogP contribution in [0.4, 0.5) is 13.2 Å². The fraction of sp³-hybridized carbons (Fsp3) is 0.410. The molecule has 4 aromatic carbocycles. The maximum atomic E-state index is 12.6. The van der Waals surface area contributed by atoms with Crippen LogP contribution in [0.1, 0.15) is 196 Å². The SMILES string of the molecule is C.CC(C)c1cc(Cl)cc(Cl)c1O.CC(C)c1cc(F)ccc1O.CC(C)c1ccc(F)c(F)c1.CC(C)c1ccccc1.CC(C)c1ccncc1.CC(C)c1nn(C)cc1Cl.Cc1cc(C)c(C(C)C)[nH]1. The summed E-state index contributed by atoms with van der Waals surface area (Å²) in [4.78, 5) is 7.27. The van der Waals surface area contributed by atoms with E-state index in [1.165, 1.54) is 58.4 Å². The molecule has 12 heteroatoms. The third kappa shape index (κ3) is 25.5. The van der Waals surface area contributed by atoms with Gasteiger partial charge in [-0.3, -0.25) is 9.67 Å². The second kappa shape index (κ2) is 34.3. The summed E-state index contributed by atoms with van der Waals surface area (Å²) in [6.45, 7) is 33.2. The standard InChI is InChI=1S/C9H10Cl2O.C9H10F2.C9H11FO.C9H15N.C9H12.C8H11N.C7H11ClN2.CH4/c1-5(2)7-3-6(10)4-8(11)9(7)12;1-6(2)7-3-4-8(10)9(11)5-7;1-6(2)8-5-7(10)3-4-9(8)11;1-6(2)9-7(3)5-8(4)10-9;1-8(2)9-6-4-3-5-7-9;1-7(2)8-3-5-9-6-4-8;1-5(2)7-6(8)4-10(3)9-7;/h3-5,12H,1-2H3;3-6H,1-2H3;3-6,11H,1-2H3;5-6,10H,1-4H3;3-8H,1-2H3;3-7H,1-2H3;4-5H,1-3H3;1H4. The maximum absolute atomic E-state index is 12.6. The first-order chi connectivity index (χ1) is 33.6. The van der Waals surface area contributed by atoms with Gasteiger partial charge in [0.25, 0.3) is 0 Å². The average Bonchev–Trinajstić information content (AvgIpc) is 3.86. The first-order valence-electron chi connectivity index (χ1n) is 24.5. The number of aromatic nitrogens is 4. The van der Waals surface area contributed by atoms with Crippen molar-refractivity contribution < 1.29 is 23.4 Å². The van der Waals surface area contributed by atoms with E-state index in [4.69, 9.17) is 34.8 Å². The molecule has 7 rings (SSSR count). The van der Waals surface area contributed by atoms with Gasteiger partial charge in [0.2, 0.25) is 0 Å². The van der Waals surface area contributed by atoms with Crippen molar-refractivity contribution in [3.8, 4) is 11.5 Å². The number of nitrogens with one attached hydrogen (secondary N) is 1. The lowest BCUT2D eigenvalue weighted by Crippen LogP contribution is -1.92. The number of pyridine rings is 1. The topological polar surface area (TPSA) is 87.0 Å². The van der Waals surface area contributed by atoms with Gasteiger partial charge in [-0.15, -0.1) is 0 Å². The highest BCUT2D eigenvalue weighted by Gasteiger charge is 2.11. The molecule has 0 saturated carbocycles. The minimum absolute atomic E-state index is 0. The molecular weight excluding hydrogens is 984 g/mol. The van der Waals surface area contributed by atoms with Gasteiger partial charge < -0.3 is 15.2 Å². The summed E-state index contributed by atoms with van der Waals surface area (Å²) < 4.78 is 39.3. The van der Waals surface area contributed by atoms with Crippen molar-refractivity contribution >= 4 is 34.8 Å². The van der Waals surface area contributed by atoms with E-state index in [1.54, 1.807) is 16.8 Å². The predicted octanol–water partition coefficient (Wildman–Crippen LogP) is 20.2. The van der Waals surface area contributed by atoms with Crippen LogP contribution < -0.4 is 0 Å². The number of phenols is 2. The van der Waals surface area contributed by atoms with Gasteiger partial charge in [0.05, 0.1) is 15.7 Å². The minimum Gasteiger partial charge on any atom is -0.508 e. The lowest BCUT2D eigenvalue weighted by atomic mass is 10.0. The van der Waals surface area contributed by atoms with Gasteiger partial charge >= 0.3 is 0 Å². The van der Waals surface area contributed by atoms with Crippen LogP contribution in [0.2, 0.25) is 15.1 Å². The molecule has 3 aromatic heterocycles. The quantitative estimate of drug-likeness (QED) is 0.148. The van der Waals surface area contributed by atoms with Crippen molar-refractivity contribution in [3.05, 3.63) is 199 Å². The molecule has 0 atom stereocenters. The molecule has 0 fully saturated rings. The number of halogens is 6. The highest BCUT2D eigenvalue weighted by molar-refractivity contribution is 6.35. The smallest absolute Gasteiger partial charge is 0.159 e. The van der Waals surface area contributed by atoms with E-state index < -0.39 is 11.6 Å². The summed E-state index contributed by atoms with van der Waals surface area (Å²) in [7, 11) is 1.87. The summed E-state index contributed by atoms with van der Waals surface area (Å²) in [5.41, 5.74) is 10.0. The fourth-order valence-electron chi connectivity index (χ4n) is 6.69. The molecule has 0 spiro atoms. The summed E-state index contributed by atoms with van der Waals surface area (Å²) in [6, 6.07) is 28.0. The summed E-state index contributed by atoms with van der Waals surface area (Å²) in [5, 5.41) is 24.6. The van der Waals surface area contributed by atoms with Crippen molar-refractivity contribution in [2.24, 2.45) is 7.05 Å². The molecule has 3 heterocycles. The molecule has 0 amide bonds. The lowest BCUT2D eigenvalue weighted by Gasteiger charge is -2.09. The van der Waals surface area contributed by atoms with E-state index in [1.807, 2.05) is 85.4 Å². The molecular formula is C61H84Cl3F3N4O2. The highest BCUT2D eigenvalue weighted by atomic mass is 35.5. The van der Waals surface area contributed by atoms with Gasteiger partial charge in [0, 0.05) is 42.0 Å². The Morgan fingerprint density at radius 2 is 1.07 bits per heavy atom. The Hall–Kier alpha value is -5.22. The van der Waals surface area contributed by atoms with Gasteiger partial charge in [-0.2, -0.15) is 5.10 Å². The number of phenolic OH excluding ortho intramolecular Hbond substituents is 2. The molecule has 0 aliphatic rings. The van der Waals surface area contributed by atoms with E-state index in [-0.39, 0.29) is 42.5 Å². The third-order valence-electron chi connectivity index (χ3n) is 10.9. The van der Waals surface area contributed by atoms with Crippen LogP contribution in [0.3, 0.4) is 0 Å². The third-order valence-corrected chi connectivity index (χ3v) is 11.7. The zero-order valence-corrected chi connectivity index (χ0v) is 47.8. The lowest BCUT2D eigenvalue weighted by molar-refractivity contribution is 0.462. The molecule has 73 heavy (non-hydrogen) atoms. The second-order valence-corrected chi connectivity index (χ2v) is 20.8. The van der Waals surface area contributed by atoms with Crippen LogP contribution in [0.5, 0.6) is 11.5 Å². The number of nitrogens with zero attached hydrogens (tertiary/aromatic N) is 3. The molecule has 0 bridgehead atoms. The number of rotatable bonds is 7. The molecule has 0 aliphatic heterocycles. The molecule has 7 aromatic rings. The van der Waals surface area contributed by atoms with E-state index in [2.05, 4.69) is 115 Å². The molecule has 0 aliphatic carbocycles. The molecule has 402 valence electrons. The highest BCUT2D eigenvalue weighted by Crippen LogP contribution is 2.35. The Labute approximate surface area is 452 Å². The van der Waals surface area contributed by atoms with Gasteiger partial charge in [0.15, 0.2) is 11.6 Å². The van der Waals surface area contributed by atoms with Gasteiger partial charge in [0.1, 0.15) is 17.3 Å². The van der Waals surface area contributed by atoms with Crippen LogP contribution in [-0.4, -0.2) is 30.0 Å². The van der Waals surface area contributed by atoms with Crippen LogP contribution in [0.15, 0.2) is 116 Å². The molecule has 0 saturated heterocycles. The summed E-state index contributed by atoms with van der Waals surface area (Å²) >= 11 is 17.4. The largest absolute Gasteiger partial charge is 0.508 e. The van der Waals surface area contributed by atoms with Crippen LogP contribution in [0, 0.1) is 31.3 Å². The monoisotopic (exact) mass is 1070 g/mol. The van der Waals surface area contributed by atoms with Crippen LogP contribution >= 0.6 is 34.8 Å². The van der Waals surface area contributed by atoms with E-state index in [0.29, 0.717) is 39.3 Å². The Bertz CT molecular complexity index is 2520. The van der Waals surface area contributed by atoms with Gasteiger partial charge in [-0.05, 0) is 149 Å². The molecule has 0 unspecified atom stereocenters. The van der Waals surface area contributed by atoms with Crippen molar-refractivity contribution in [2.45, 2.75) is 160 Å². The number of hydrogen-bond donors (Lipinski definition) is 3. The number of aryl methyl sites for hydroxylation is 3. The molecule has 0 radical (unpaired) electrons. The average molecular weight is 1070 g/mol. The van der Waals surface area contributed by atoms with Crippen LogP contribution in [-0.2, 0) is 7.05 Å². The number of aromatic hydroxyl groups is 2. The Kier molecular flexibility index (Phi) is 31.9. The van der Waals surface area contributed by atoms with Crippen molar-refractivity contribution in [1.82, 2.24) is 19.7 Å². The normalized spacial score (nSPS) is 10.4. The van der Waals surface area contributed by atoms with E-state index >= 15 is 0 Å². The van der Waals surface area contributed by atoms with Crippen LogP contribution in [0.25, 0.3) is 0 Å². The minimum atomic E-state index is -0.783. The van der Waals surface area contributed by atoms with Crippen molar-refractivity contribution in [3.63, 3.8) is 0 Å². The Morgan fingerprint density at radius 1 is 0.534 bits per heavy atom. The second-order valence-electron chi connectivity index (χ2n) is 19.6. The summed E-state index contributed by atoms with van der Waals surface area (Å²) in [6.07, 6.45) is 5.47. The molecule has 6 nitrogen and oxygen atoms in total. The zero-order valence-electron chi connectivity index (χ0n) is 45.5. The van der Waals surface area contributed by atoms with Gasteiger partial charge in [-0.25, -0.2) is 13.2 Å². The Balaban J connectivity index is 0.000000828. The maximum Gasteiger partial charge on any atom is 0.159 e. The van der Waals surface area contributed by atoms with Gasteiger partial charge in [-0.1, -0.05) is 176 Å². The van der Waals surface area contributed by atoms with Crippen molar-refractivity contribution in [1.29, 1.82) is 0 Å².